The Bertz CT molecular complexity index is 782. The van der Waals surface area contributed by atoms with Crippen LogP contribution < -0.4 is 5.32 Å². The summed E-state index contributed by atoms with van der Waals surface area (Å²) in [6, 6.07) is 13.1. The Morgan fingerprint density at radius 3 is 2.65 bits per heavy atom. The van der Waals surface area contributed by atoms with Crippen LogP contribution >= 0.6 is 0 Å². The van der Waals surface area contributed by atoms with Gasteiger partial charge in [-0.3, -0.25) is 9.48 Å². The Hall–Kier alpha value is -2.10. The quantitative estimate of drug-likeness (QED) is 0.890. The number of hydrogen-bond donors (Lipinski definition) is 1. The highest BCUT2D eigenvalue weighted by Crippen LogP contribution is 2.55. The van der Waals surface area contributed by atoms with E-state index in [2.05, 4.69) is 46.8 Å². The molecule has 2 aliphatic carbocycles. The van der Waals surface area contributed by atoms with Crippen molar-refractivity contribution in [1.82, 2.24) is 15.1 Å². The number of fused-ring (bicyclic) bond motifs is 1. The zero-order valence-corrected chi connectivity index (χ0v) is 16.0. The SMILES string of the molecule is Cc1cc(C)n(CC(C)C(=O)NC2C3CCCC3C2c2ccccc2)n1. The molecule has 4 rings (SSSR count). The second kappa shape index (κ2) is 6.90. The molecule has 1 amide bonds. The molecule has 0 radical (unpaired) electrons. The number of aromatic nitrogens is 2. The van der Waals surface area contributed by atoms with E-state index in [4.69, 9.17) is 0 Å². The van der Waals surface area contributed by atoms with Crippen LogP contribution in [0.3, 0.4) is 0 Å². The molecule has 4 nitrogen and oxygen atoms in total. The summed E-state index contributed by atoms with van der Waals surface area (Å²) >= 11 is 0. The summed E-state index contributed by atoms with van der Waals surface area (Å²) in [7, 11) is 0. The fraction of sp³-hybridized carbons (Fsp3) is 0.545. The highest BCUT2D eigenvalue weighted by atomic mass is 16.2. The molecular formula is C22H29N3O. The molecule has 5 atom stereocenters. The Morgan fingerprint density at radius 1 is 1.23 bits per heavy atom. The summed E-state index contributed by atoms with van der Waals surface area (Å²) < 4.78 is 1.95. The largest absolute Gasteiger partial charge is 0.352 e. The molecule has 1 heterocycles. The van der Waals surface area contributed by atoms with Gasteiger partial charge < -0.3 is 5.32 Å². The summed E-state index contributed by atoms with van der Waals surface area (Å²) in [6.45, 7) is 6.69. The van der Waals surface area contributed by atoms with E-state index in [1.54, 1.807) is 0 Å². The third-order valence-electron chi connectivity index (χ3n) is 6.43. The van der Waals surface area contributed by atoms with Gasteiger partial charge in [0.2, 0.25) is 5.91 Å². The van der Waals surface area contributed by atoms with Gasteiger partial charge in [0.25, 0.3) is 0 Å². The zero-order chi connectivity index (χ0) is 18.3. The van der Waals surface area contributed by atoms with Crippen molar-refractivity contribution in [2.75, 3.05) is 0 Å². The maximum Gasteiger partial charge on any atom is 0.224 e. The molecule has 1 aromatic heterocycles. The molecule has 0 bridgehead atoms. The van der Waals surface area contributed by atoms with Gasteiger partial charge in [-0.25, -0.2) is 0 Å². The van der Waals surface area contributed by atoms with Gasteiger partial charge in [-0.2, -0.15) is 5.10 Å². The van der Waals surface area contributed by atoms with Crippen molar-refractivity contribution in [3.8, 4) is 0 Å². The molecular weight excluding hydrogens is 322 g/mol. The van der Waals surface area contributed by atoms with Crippen molar-refractivity contribution in [2.45, 2.75) is 58.5 Å². The van der Waals surface area contributed by atoms with Gasteiger partial charge in [-0.05, 0) is 50.2 Å². The summed E-state index contributed by atoms with van der Waals surface area (Å²) in [5, 5.41) is 7.90. The summed E-state index contributed by atoms with van der Waals surface area (Å²) in [4.78, 5) is 12.9. The maximum absolute atomic E-state index is 12.9. The number of carbonyl (C=O) groups is 1. The molecule has 1 N–H and O–H groups in total. The van der Waals surface area contributed by atoms with Crippen molar-refractivity contribution < 1.29 is 4.79 Å². The summed E-state index contributed by atoms with van der Waals surface area (Å²) in [5.74, 6) is 1.96. The van der Waals surface area contributed by atoms with Gasteiger partial charge in [-0.15, -0.1) is 0 Å². The molecule has 0 spiro atoms. The second-order valence-corrected chi connectivity index (χ2v) is 8.24. The Labute approximate surface area is 156 Å². The number of hydrogen-bond acceptors (Lipinski definition) is 2. The molecule has 138 valence electrons. The summed E-state index contributed by atoms with van der Waals surface area (Å²) in [6.07, 6.45) is 3.86. The second-order valence-electron chi connectivity index (χ2n) is 8.24. The molecule has 2 aliphatic rings. The zero-order valence-electron chi connectivity index (χ0n) is 16.0. The predicted octanol–water partition coefficient (Wildman–Crippen LogP) is 3.83. The standard InChI is InChI=1S/C22H29N3O/c1-14(13-25-16(3)12-15(2)24-25)22(26)23-21-19-11-7-10-18(19)20(21)17-8-5-4-6-9-17/h4-6,8-9,12,14,18-21H,7,10-11,13H2,1-3H3,(H,23,26). The van der Waals surface area contributed by atoms with Crippen LogP contribution in [0.2, 0.25) is 0 Å². The predicted molar refractivity (Wildman–Crippen MR) is 103 cm³/mol. The molecule has 5 unspecified atom stereocenters. The Balaban J connectivity index is 1.45. The molecule has 2 fully saturated rings. The van der Waals surface area contributed by atoms with Gasteiger partial charge in [-0.1, -0.05) is 43.7 Å². The highest BCUT2D eigenvalue weighted by molar-refractivity contribution is 5.79. The Morgan fingerprint density at radius 2 is 1.96 bits per heavy atom. The van der Waals surface area contributed by atoms with Crippen molar-refractivity contribution in [1.29, 1.82) is 0 Å². The lowest BCUT2D eigenvalue weighted by Gasteiger charge is -2.50. The van der Waals surface area contributed by atoms with Crippen LogP contribution in [0.4, 0.5) is 0 Å². The number of amides is 1. The molecule has 2 saturated carbocycles. The van der Waals surface area contributed by atoms with Crippen LogP contribution in [0.1, 0.15) is 49.1 Å². The average molecular weight is 351 g/mol. The number of rotatable bonds is 5. The lowest BCUT2D eigenvalue weighted by Crippen LogP contribution is -2.57. The maximum atomic E-state index is 12.9. The van der Waals surface area contributed by atoms with Crippen LogP contribution in [0.25, 0.3) is 0 Å². The minimum atomic E-state index is -0.0788. The van der Waals surface area contributed by atoms with E-state index < -0.39 is 0 Å². The fourth-order valence-electron chi connectivity index (χ4n) is 5.13. The van der Waals surface area contributed by atoms with Crippen LogP contribution in [0.15, 0.2) is 36.4 Å². The lowest BCUT2D eigenvalue weighted by atomic mass is 9.59. The van der Waals surface area contributed by atoms with Crippen molar-refractivity contribution in [3.63, 3.8) is 0 Å². The van der Waals surface area contributed by atoms with Crippen molar-refractivity contribution in [3.05, 3.63) is 53.3 Å². The lowest BCUT2D eigenvalue weighted by molar-refractivity contribution is -0.127. The first-order valence-corrected chi connectivity index (χ1v) is 9.91. The molecule has 1 aromatic carbocycles. The molecule has 0 aliphatic heterocycles. The van der Waals surface area contributed by atoms with E-state index >= 15 is 0 Å². The van der Waals surface area contributed by atoms with Crippen LogP contribution in [0, 0.1) is 31.6 Å². The van der Waals surface area contributed by atoms with E-state index in [9.17, 15) is 4.79 Å². The van der Waals surface area contributed by atoms with Gasteiger partial charge in [0.1, 0.15) is 0 Å². The number of benzene rings is 1. The minimum absolute atomic E-state index is 0.0788. The van der Waals surface area contributed by atoms with Crippen LogP contribution in [-0.2, 0) is 11.3 Å². The average Bonchev–Trinajstić information content (AvgIpc) is 3.16. The van der Waals surface area contributed by atoms with E-state index in [0.29, 0.717) is 24.4 Å². The molecule has 26 heavy (non-hydrogen) atoms. The third-order valence-corrected chi connectivity index (χ3v) is 6.43. The number of aryl methyl sites for hydroxylation is 2. The van der Waals surface area contributed by atoms with Gasteiger partial charge >= 0.3 is 0 Å². The van der Waals surface area contributed by atoms with Gasteiger partial charge in [0, 0.05) is 17.7 Å². The van der Waals surface area contributed by atoms with Crippen LogP contribution in [0.5, 0.6) is 0 Å². The van der Waals surface area contributed by atoms with E-state index in [1.807, 2.05) is 25.5 Å². The number of carbonyl (C=O) groups excluding carboxylic acids is 1. The fourth-order valence-corrected chi connectivity index (χ4v) is 5.13. The van der Waals surface area contributed by atoms with E-state index in [1.165, 1.54) is 24.8 Å². The van der Waals surface area contributed by atoms with Gasteiger partial charge in [0.05, 0.1) is 18.2 Å². The Kier molecular flexibility index (Phi) is 4.60. The highest BCUT2D eigenvalue weighted by Gasteiger charge is 2.53. The van der Waals surface area contributed by atoms with Gasteiger partial charge in [0.15, 0.2) is 0 Å². The van der Waals surface area contributed by atoms with Crippen LogP contribution in [-0.4, -0.2) is 21.7 Å². The molecule has 2 aromatic rings. The first kappa shape index (κ1) is 17.3. The normalized spacial score (nSPS) is 28.3. The smallest absolute Gasteiger partial charge is 0.224 e. The van der Waals surface area contributed by atoms with E-state index in [0.717, 1.165) is 17.3 Å². The number of nitrogens with one attached hydrogen (secondary N) is 1. The summed E-state index contributed by atoms with van der Waals surface area (Å²) in [5.41, 5.74) is 3.50. The van der Waals surface area contributed by atoms with Crippen molar-refractivity contribution in [2.24, 2.45) is 17.8 Å². The van der Waals surface area contributed by atoms with Crippen molar-refractivity contribution >= 4 is 5.91 Å². The molecule has 4 heteroatoms. The first-order valence-electron chi connectivity index (χ1n) is 9.91. The van der Waals surface area contributed by atoms with E-state index in [-0.39, 0.29) is 11.8 Å². The third kappa shape index (κ3) is 3.06. The monoisotopic (exact) mass is 351 g/mol. The molecule has 0 saturated heterocycles. The first-order chi connectivity index (χ1) is 12.5. The number of nitrogens with zero attached hydrogens (tertiary/aromatic N) is 2. The minimum Gasteiger partial charge on any atom is -0.352 e. The topological polar surface area (TPSA) is 46.9 Å².